The Balaban J connectivity index is 1.88. The van der Waals surface area contributed by atoms with Crippen molar-refractivity contribution in [3.63, 3.8) is 0 Å². The topological polar surface area (TPSA) is 18.5 Å². The number of ether oxygens (including phenoxy) is 2. The summed E-state index contributed by atoms with van der Waals surface area (Å²) in [5, 5.41) is 2.67. The number of benzene rings is 2. The smallest absolute Gasteiger partial charge is 0.120 e. The van der Waals surface area contributed by atoms with E-state index < -0.39 is 0 Å². The maximum absolute atomic E-state index is 5.35. The Morgan fingerprint density at radius 1 is 0.609 bits per heavy atom. The van der Waals surface area contributed by atoms with Crippen molar-refractivity contribution in [1.29, 1.82) is 0 Å². The highest BCUT2D eigenvalue weighted by Gasteiger charge is 2.17. The average Bonchev–Trinajstić information content (AvgIpc) is 3.21. The summed E-state index contributed by atoms with van der Waals surface area (Å²) in [4.78, 5) is 0. The second-order valence-corrected chi connectivity index (χ2v) is 8.47. The van der Waals surface area contributed by atoms with Crippen LogP contribution in [0.4, 0.5) is 0 Å². The number of rotatable bonds is 2. The first-order valence-electron chi connectivity index (χ1n) is 7.18. The summed E-state index contributed by atoms with van der Waals surface area (Å²) >= 11 is 5.62. The van der Waals surface area contributed by atoms with Crippen molar-refractivity contribution in [3.05, 3.63) is 36.4 Å². The number of hydrogen-bond donors (Lipinski definition) is 0. The number of hydrogen-bond acceptors (Lipinski definition) is 5. The zero-order valence-corrected chi connectivity index (χ0v) is 15.0. The molecular weight excluding hydrogens is 344 g/mol. The van der Waals surface area contributed by atoms with Crippen LogP contribution in [0, 0.1) is 0 Å². The summed E-state index contributed by atoms with van der Waals surface area (Å²) in [7, 11) is 3.43. The van der Waals surface area contributed by atoms with E-state index >= 15 is 0 Å². The lowest BCUT2D eigenvalue weighted by atomic mass is 10.2. The Morgan fingerprint density at radius 2 is 1.09 bits per heavy atom. The van der Waals surface area contributed by atoms with Crippen molar-refractivity contribution in [2.24, 2.45) is 0 Å². The van der Waals surface area contributed by atoms with Crippen LogP contribution in [-0.2, 0) is 0 Å². The quantitative estimate of drug-likeness (QED) is 0.359. The fourth-order valence-corrected chi connectivity index (χ4v) is 7.29. The number of thiophene rings is 3. The highest BCUT2D eigenvalue weighted by Crippen LogP contribution is 2.50. The van der Waals surface area contributed by atoms with E-state index in [0.717, 1.165) is 11.5 Å². The van der Waals surface area contributed by atoms with E-state index in [1.165, 1.54) is 39.0 Å². The fraction of sp³-hybridized carbons (Fsp3) is 0.111. The minimum Gasteiger partial charge on any atom is -0.497 e. The minimum atomic E-state index is 0.920. The summed E-state index contributed by atoms with van der Waals surface area (Å²) < 4.78 is 18.9. The Morgan fingerprint density at radius 3 is 1.52 bits per heavy atom. The normalized spacial score (nSPS) is 11.9. The molecule has 5 aromatic rings. The van der Waals surface area contributed by atoms with Gasteiger partial charge in [-0.05, 0) is 36.4 Å². The largest absolute Gasteiger partial charge is 0.497 e. The van der Waals surface area contributed by atoms with Crippen LogP contribution in [0.2, 0.25) is 0 Å². The molecule has 0 bridgehead atoms. The van der Waals surface area contributed by atoms with Gasteiger partial charge in [-0.2, -0.15) is 0 Å². The second kappa shape index (κ2) is 4.84. The SMILES string of the molecule is COc1ccc2c(c1)sc1c2sc2c3ccc(OC)cc3sc21. The molecule has 0 amide bonds. The number of methoxy groups -OCH3 is 2. The van der Waals surface area contributed by atoms with Gasteiger partial charge >= 0.3 is 0 Å². The molecule has 0 saturated heterocycles. The van der Waals surface area contributed by atoms with Crippen LogP contribution in [0.5, 0.6) is 11.5 Å². The molecule has 0 spiro atoms. The van der Waals surface area contributed by atoms with Gasteiger partial charge in [0.25, 0.3) is 0 Å². The zero-order chi connectivity index (χ0) is 15.6. The molecule has 0 fully saturated rings. The summed E-state index contributed by atoms with van der Waals surface area (Å²) in [6, 6.07) is 12.7. The zero-order valence-electron chi connectivity index (χ0n) is 12.5. The molecule has 5 heteroatoms. The maximum atomic E-state index is 5.35. The third kappa shape index (κ3) is 1.84. The molecule has 0 atom stereocenters. The molecular formula is C18H12O2S3. The van der Waals surface area contributed by atoms with E-state index in [-0.39, 0.29) is 0 Å². The fourth-order valence-electron chi connectivity index (χ4n) is 2.96. The van der Waals surface area contributed by atoms with Crippen LogP contribution >= 0.6 is 34.0 Å². The monoisotopic (exact) mass is 356 g/mol. The molecule has 0 radical (unpaired) electrons. The summed E-state index contributed by atoms with van der Waals surface area (Å²) in [5.41, 5.74) is 0. The van der Waals surface area contributed by atoms with Gasteiger partial charge in [0.15, 0.2) is 0 Å². The molecule has 0 unspecified atom stereocenters. The third-order valence-electron chi connectivity index (χ3n) is 4.11. The molecule has 23 heavy (non-hydrogen) atoms. The lowest BCUT2D eigenvalue weighted by molar-refractivity contribution is 0.415. The van der Waals surface area contributed by atoms with E-state index in [0.29, 0.717) is 0 Å². The standard InChI is InChI=1S/C18H12O2S3/c1-19-9-3-5-11-13(7-9)21-17-15(11)23-16-12-6-4-10(20-2)8-14(12)22-18(16)17/h3-8H,1-2H3. The van der Waals surface area contributed by atoms with Gasteiger partial charge in [-0.3, -0.25) is 0 Å². The van der Waals surface area contributed by atoms with Gasteiger partial charge in [-0.25, -0.2) is 0 Å². The van der Waals surface area contributed by atoms with E-state index in [4.69, 9.17) is 9.47 Å². The molecule has 0 saturated carbocycles. The van der Waals surface area contributed by atoms with Gasteiger partial charge in [0, 0.05) is 20.2 Å². The van der Waals surface area contributed by atoms with E-state index in [1.54, 1.807) is 14.2 Å². The predicted octanol–water partition coefficient (Wildman–Crippen LogP) is 6.50. The Labute approximate surface area is 144 Å². The average molecular weight is 356 g/mol. The highest BCUT2D eigenvalue weighted by atomic mass is 32.1. The van der Waals surface area contributed by atoms with Crippen LogP contribution in [-0.4, -0.2) is 14.2 Å². The lowest BCUT2D eigenvalue weighted by Gasteiger charge is -1.98. The first-order valence-corrected chi connectivity index (χ1v) is 9.63. The van der Waals surface area contributed by atoms with Gasteiger partial charge in [-0.1, -0.05) is 0 Å². The van der Waals surface area contributed by atoms with Crippen molar-refractivity contribution in [2.75, 3.05) is 14.2 Å². The molecule has 3 aromatic heterocycles. The Hall–Kier alpha value is -1.82. The molecule has 5 rings (SSSR count). The van der Waals surface area contributed by atoms with Crippen molar-refractivity contribution in [2.45, 2.75) is 0 Å². The summed E-state index contributed by atoms with van der Waals surface area (Å²) in [6.45, 7) is 0. The van der Waals surface area contributed by atoms with Crippen LogP contribution in [0.3, 0.4) is 0 Å². The molecule has 114 valence electrons. The Kier molecular flexibility index (Phi) is 2.86. The van der Waals surface area contributed by atoms with Crippen LogP contribution in [0.15, 0.2) is 36.4 Å². The van der Waals surface area contributed by atoms with Crippen molar-refractivity contribution in [1.82, 2.24) is 0 Å². The highest BCUT2D eigenvalue weighted by molar-refractivity contribution is 7.43. The second-order valence-electron chi connectivity index (χ2n) is 5.35. The van der Waals surface area contributed by atoms with E-state index in [9.17, 15) is 0 Å². The van der Waals surface area contributed by atoms with Crippen LogP contribution < -0.4 is 9.47 Å². The van der Waals surface area contributed by atoms with Crippen molar-refractivity contribution >= 4 is 73.0 Å². The van der Waals surface area contributed by atoms with Crippen molar-refractivity contribution in [3.8, 4) is 11.5 Å². The first-order chi connectivity index (χ1) is 11.3. The first kappa shape index (κ1) is 13.6. The molecule has 0 N–H and O–H groups in total. The lowest BCUT2D eigenvalue weighted by Crippen LogP contribution is -1.79. The molecule has 2 nitrogen and oxygen atoms in total. The summed E-state index contributed by atoms with van der Waals surface area (Å²) in [6.07, 6.45) is 0. The molecule has 0 aliphatic heterocycles. The van der Waals surface area contributed by atoms with E-state index in [2.05, 4.69) is 24.3 Å². The molecule has 2 aromatic carbocycles. The van der Waals surface area contributed by atoms with Crippen molar-refractivity contribution < 1.29 is 9.47 Å². The minimum absolute atomic E-state index is 0.920. The van der Waals surface area contributed by atoms with Gasteiger partial charge in [0.05, 0.1) is 33.0 Å². The van der Waals surface area contributed by atoms with Gasteiger partial charge < -0.3 is 9.47 Å². The van der Waals surface area contributed by atoms with Crippen LogP contribution in [0.1, 0.15) is 0 Å². The van der Waals surface area contributed by atoms with E-state index in [1.807, 2.05) is 46.1 Å². The summed E-state index contributed by atoms with van der Waals surface area (Å²) in [5.74, 6) is 1.84. The maximum Gasteiger partial charge on any atom is 0.120 e. The predicted molar refractivity (Wildman–Crippen MR) is 103 cm³/mol. The third-order valence-corrected chi connectivity index (χ3v) is 8.10. The van der Waals surface area contributed by atoms with Gasteiger partial charge in [0.1, 0.15) is 11.5 Å². The molecule has 0 aliphatic rings. The number of fused-ring (bicyclic) bond motifs is 7. The molecule has 3 heterocycles. The van der Waals surface area contributed by atoms with Gasteiger partial charge in [-0.15, -0.1) is 34.0 Å². The molecule has 0 aliphatic carbocycles. The Bertz CT molecular complexity index is 1100. The van der Waals surface area contributed by atoms with Crippen LogP contribution in [0.25, 0.3) is 39.0 Å². The van der Waals surface area contributed by atoms with Gasteiger partial charge in [0.2, 0.25) is 0 Å².